The Morgan fingerprint density at radius 1 is 1.69 bits per heavy atom. The zero-order valence-electron chi connectivity index (χ0n) is 7.82. The van der Waals surface area contributed by atoms with Crippen molar-refractivity contribution in [2.45, 2.75) is 19.4 Å². The zero-order chi connectivity index (χ0) is 9.52. The van der Waals surface area contributed by atoms with Crippen molar-refractivity contribution in [2.24, 2.45) is 5.84 Å². The molecule has 0 aliphatic heterocycles. The van der Waals surface area contributed by atoms with Crippen LogP contribution in [0.5, 0.6) is 0 Å². The van der Waals surface area contributed by atoms with Gasteiger partial charge in [0.25, 0.3) is 0 Å². The van der Waals surface area contributed by atoms with Crippen LogP contribution in [0.4, 0.5) is 0 Å². The number of hydrogen-bond acceptors (Lipinski definition) is 4. The van der Waals surface area contributed by atoms with Gasteiger partial charge in [0.1, 0.15) is 0 Å². The third kappa shape index (κ3) is 3.44. The molecule has 0 amide bonds. The Morgan fingerprint density at radius 2 is 2.54 bits per heavy atom. The molecule has 1 unspecified atom stereocenters. The van der Waals surface area contributed by atoms with Crippen LogP contribution >= 0.6 is 11.3 Å². The second-order valence-electron chi connectivity index (χ2n) is 2.76. The molecular weight excluding hydrogens is 184 g/mol. The Kier molecular flexibility index (Phi) is 5.00. The highest BCUT2D eigenvalue weighted by Gasteiger charge is 2.08. The number of hydrogen-bond donors (Lipinski definition) is 2. The van der Waals surface area contributed by atoms with E-state index in [1.807, 2.05) is 6.92 Å². The normalized spacial score (nSPS) is 13.1. The topological polar surface area (TPSA) is 47.3 Å². The van der Waals surface area contributed by atoms with E-state index in [4.69, 9.17) is 10.6 Å². The summed E-state index contributed by atoms with van der Waals surface area (Å²) in [5.41, 5.74) is 4.03. The summed E-state index contributed by atoms with van der Waals surface area (Å²) in [5, 5.41) is 4.16. The molecule has 3 N–H and O–H groups in total. The van der Waals surface area contributed by atoms with Crippen molar-refractivity contribution in [3.8, 4) is 0 Å². The maximum absolute atomic E-state index is 5.45. The summed E-state index contributed by atoms with van der Waals surface area (Å²) in [6.07, 6.45) is 0.918. The van der Waals surface area contributed by atoms with E-state index in [9.17, 15) is 0 Å². The van der Waals surface area contributed by atoms with Gasteiger partial charge in [-0.1, -0.05) is 0 Å². The van der Waals surface area contributed by atoms with Crippen LogP contribution in [0.2, 0.25) is 0 Å². The van der Waals surface area contributed by atoms with E-state index < -0.39 is 0 Å². The molecule has 4 heteroatoms. The van der Waals surface area contributed by atoms with Gasteiger partial charge in [-0.15, -0.1) is 0 Å². The van der Waals surface area contributed by atoms with E-state index in [0.717, 1.165) is 19.6 Å². The molecule has 0 bridgehead atoms. The fraction of sp³-hybridized carbons (Fsp3) is 0.556. The standard InChI is InChI=1S/C9H16N2OS/c1-2-12-5-3-9(11-10)8-4-6-13-7-8/h4,6-7,9,11H,2-3,5,10H2,1H3. The van der Waals surface area contributed by atoms with Gasteiger partial charge in [-0.2, -0.15) is 11.3 Å². The summed E-state index contributed by atoms with van der Waals surface area (Å²) in [5.74, 6) is 5.45. The lowest BCUT2D eigenvalue weighted by Gasteiger charge is -2.13. The first-order valence-corrected chi connectivity index (χ1v) is 5.38. The lowest BCUT2D eigenvalue weighted by Crippen LogP contribution is -2.28. The molecule has 0 saturated carbocycles. The molecule has 13 heavy (non-hydrogen) atoms. The maximum atomic E-state index is 5.45. The minimum atomic E-state index is 0.220. The minimum absolute atomic E-state index is 0.220. The lowest BCUT2D eigenvalue weighted by molar-refractivity contribution is 0.136. The molecule has 1 aromatic rings. The smallest absolute Gasteiger partial charge is 0.0490 e. The van der Waals surface area contributed by atoms with Gasteiger partial charge >= 0.3 is 0 Å². The van der Waals surface area contributed by atoms with Gasteiger partial charge < -0.3 is 4.74 Å². The van der Waals surface area contributed by atoms with Crippen molar-refractivity contribution in [3.05, 3.63) is 22.4 Å². The molecule has 1 atom stereocenters. The second-order valence-corrected chi connectivity index (χ2v) is 3.54. The van der Waals surface area contributed by atoms with Gasteiger partial charge in [0.2, 0.25) is 0 Å². The predicted octanol–water partition coefficient (Wildman–Crippen LogP) is 1.68. The number of thiophene rings is 1. The highest BCUT2D eigenvalue weighted by Crippen LogP contribution is 2.18. The van der Waals surface area contributed by atoms with Gasteiger partial charge in [-0.05, 0) is 35.7 Å². The van der Waals surface area contributed by atoms with Crippen molar-refractivity contribution >= 4 is 11.3 Å². The van der Waals surface area contributed by atoms with Gasteiger partial charge in [0.05, 0.1) is 0 Å². The Labute approximate surface area is 82.9 Å². The van der Waals surface area contributed by atoms with Gasteiger partial charge in [-0.25, -0.2) is 0 Å². The summed E-state index contributed by atoms with van der Waals surface area (Å²) in [6, 6.07) is 2.30. The number of nitrogens with one attached hydrogen (secondary N) is 1. The summed E-state index contributed by atoms with van der Waals surface area (Å²) >= 11 is 1.69. The zero-order valence-corrected chi connectivity index (χ0v) is 8.64. The third-order valence-corrected chi connectivity index (χ3v) is 2.60. The Hall–Kier alpha value is -0.420. The van der Waals surface area contributed by atoms with E-state index in [0.29, 0.717) is 0 Å². The van der Waals surface area contributed by atoms with Crippen LogP contribution in [0.1, 0.15) is 24.9 Å². The van der Waals surface area contributed by atoms with Gasteiger partial charge in [0, 0.05) is 19.3 Å². The molecule has 74 valence electrons. The maximum Gasteiger partial charge on any atom is 0.0490 e. The van der Waals surface area contributed by atoms with Gasteiger partial charge in [0.15, 0.2) is 0 Å². The molecule has 0 spiro atoms. The quantitative estimate of drug-likeness (QED) is 0.417. The van der Waals surface area contributed by atoms with E-state index in [-0.39, 0.29) is 6.04 Å². The van der Waals surface area contributed by atoms with Crippen LogP contribution in [-0.4, -0.2) is 13.2 Å². The summed E-state index contributed by atoms with van der Waals surface area (Å²) in [7, 11) is 0. The Morgan fingerprint density at radius 3 is 3.08 bits per heavy atom. The second kappa shape index (κ2) is 6.10. The van der Waals surface area contributed by atoms with E-state index >= 15 is 0 Å². The Bertz CT molecular complexity index is 213. The molecule has 0 aliphatic rings. The molecule has 1 rings (SSSR count). The van der Waals surface area contributed by atoms with Crippen molar-refractivity contribution in [2.75, 3.05) is 13.2 Å². The fourth-order valence-corrected chi connectivity index (χ4v) is 1.88. The molecule has 0 saturated heterocycles. The summed E-state index contributed by atoms with van der Waals surface area (Å²) in [6.45, 7) is 3.51. The van der Waals surface area contributed by atoms with E-state index in [1.54, 1.807) is 11.3 Å². The average Bonchev–Trinajstić information content (AvgIpc) is 2.65. The third-order valence-electron chi connectivity index (χ3n) is 1.90. The van der Waals surface area contributed by atoms with Crippen LogP contribution in [-0.2, 0) is 4.74 Å². The molecule has 0 radical (unpaired) electrons. The summed E-state index contributed by atoms with van der Waals surface area (Å²) < 4.78 is 5.27. The number of rotatable bonds is 6. The highest BCUT2D eigenvalue weighted by molar-refractivity contribution is 7.07. The van der Waals surface area contributed by atoms with Crippen LogP contribution in [0, 0.1) is 0 Å². The first-order chi connectivity index (χ1) is 6.38. The molecule has 0 fully saturated rings. The molecule has 1 heterocycles. The molecule has 0 aliphatic carbocycles. The fourth-order valence-electron chi connectivity index (χ4n) is 1.17. The molecule has 3 nitrogen and oxygen atoms in total. The number of ether oxygens (including phenoxy) is 1. The van der Waals surface area contributed by atoms with Crippen molar-refractivity contribution in [3.63, 3.8) is 0 Å². The average molecular weight is 200 g/mol. The van der Waals surface area contributed by atoms with Crippen molar-refractivity contribution < 1.29 is 4.74 Å². The largest absolute Gasteiger partial charge is 0.382 e. The minimum Gasteiger partial charge on any atom is -0.382 e. The lowest BCUT2D eigenvalue weighted by atomic mass is 10.1. The highest BCUT2D eigenvalue weighted by atomic mass is 32.1. The first kappa shape index (κ1) is 10.7. The van der Waals surface area contributed by atoms with Gasteiger partial charge in [-0.3, -0.25) is 11.3 Å². The first-order valence-electron chi connectivity index (χ1n) is 4.44. The van der Waals surface area contributed by atoms with Crippen LogP contribution in [0.3, 0.4) is 0 Å². The van der Waals surface area contributed by atoms with Crippen LogP contribution in [0.15, 0.2) is 16.8 Å². The van der Waals surface area contributed by atoms with Crippen LogP contribution < -0.4 is 11.3 Å². The monoisotopic (exact) mass is 200 g/mol. The van der Waals surface area contributed by atoms with E-state index in [1.165, 1.54) is 5.56 Å². The predicted molar refractivity (Wildman–Crippen MR) is 55.5 cm³/mol. The van der Waals surface area contributed by atoms with Crippen molar-refractivity contribution in [1.29, 1.82) is 0 Å². The van der Waals surface area contributed by atoms with Crippen molar-refractivity contribution in [1.82, 2.24) is 5.43 Å². The number of nitrogens with two attached hydrogens (primary N) is 1. The molecular formula is C9H16N2OS. The molecule has 0 aromatic carbocycles. The number of hydrazine groups is 1. The SMILES string of the molecule is CCOCCC(NN)c1ccsc1. The van der Waals surface area contributed by atoms with Crippen LogP contribution in [0.25, 0.3) is 0 Å². The van der Waals surface area contributed by atoms with E-state index in [2.05, 4.69) is 22.3 Å². The molecule has 1 aromatic heterocycles. The Balaban J connectivity index is 2.35. The summed E-state index contributed by atoms with van der Waals surface area (Å²) in [4.78, 5) is 0.